The van der Waals surface area contributed by atoms with E-state index in [0.29, 0.717) is 0 Å². The second-order valence-corrected chi connectivity index (χ2v) is 8.30. The average Bonchev–Trinajstić information content (AvgIpc) is 2.67. The molecule has 0 amide bonds. The molecule has 2 aromatic carbocycles. The van der Waals surface area contributed by atoms with Crippen molar-refractivity contribution >= 4 is 22.8 Å². The Labute approximate surface area is 212 Å². The molecule has 176 valence electrons. The summed E-state index contributed by atoms with van der Waals surface area (Å²) in [4.78, 5) is 14.7. The molecule has 0 unspecified atom stereocenters. The third-order valence-corrected chi connectivity index (χ3v) is 5.32. The van der Waals surface area contributed by atoms with E-state index in [1.807, 2.05) is 32.0 Å². The van der Waals surface area contributed by atoms with Gasteiger partial charge in [0.05, 0.1) is 34.2 Å². The number of nitrogens with zero attached hydrogens (tertiary/aromatic N) is 3. The van der Waals surface area contributed by atoms with E-state index in [-0.39, 0.29) is 31.9 Å². The summed E-state index contributed by atoms with van der Waals surface area (Å²) in [5.74, 6) is 0. The monoisotopic (exact) mass is 483 g/mol. The van der Waals surface area contributed by atoms with Gasteiger partial charge in [0.2, 0.25) is 0 Å². The van der Waals surface area contributed by atoms with Crippen LogP contribution in [0, 0.1) is 56.4 Å². The van der Waals surface area contributed by atoms with Gasteiger partial charge >= 0.3 is 17.1 Å². The number of aliphatic imine (C=N–C) groups is 2. The Kier molecular flexibility index (Phi) is 11.6. The van der Waals surface area contributed by atoms with Crippen LogP contribution in [0.5, 0.6) is 0 Å². The molecule has 3 rings (SSSR count). The standard InChI is InChI=1S/C27H31N3.2CH3.Fe/c1-16-12-18(3)26(19(4)13-16)28-22(7)24-10-9-11-25(30-24)23(8)29-27-20(5)14-17(2)15-21(27)6;;;/h9-15H,1-8H3;2*1H3;/q;2*-1;+2. The van der Waals surface area contributed by atoms with Gasteiger partial charge in [-0.1, -0.05) is 41.5 Å². The molecule has 1 aromatic heterocycles. The summed E-state index contributed by atoms with van der Waals surface area (Å²) in [5, 5.41) is 0. The van der Waals surface area contributed by atoms with Gasteiger partial charge in [-0.2, -0.15) is 0 Å². The summed E-state index contributed by atoms with van der Waals surface area (Å²) >= 11 is 0. The molecule has 0 spiro atoms. The second-order valence-electron chi connectivity index (χ2n) is 8.30. The number of hydrogen-bond acceptors (Lipinski definition) is 3. The van der Waals surface area contributed by atoms with Gasteiger partial charge in [0.25, 0.3) is 0 Å². The van der Waals surface area contributed by atoms with Crippen molar-refractivity contribution in [2.24, 2.45) is 9.98 Å². The van der Waals surface area contributed by atoms with Gasteiger partial charge in [-0.15, -0.1) is 0 Å². The first-order valence-electron chi connectivity index (χ1n) is 10.4. The zero-order valence-corrected chi connectivity index (χ0v) is 22.8. The molecule has 0 radical (unpaired) electrons. The van der Waals surface area contributed by atoms with Gasteiger partial charge in [0, 0.05) is 0 Å². The molecular weight excluding hydrogens is 446 g/mol. The number of benzene rings is 2. The fourth-order valence-electron chi connectivity index (χ4n) is 3.99. The summed E-state index contributed by atoms with van der Waals surface area (Å²) in [6, 6.07) is 14.7. The molecule has 0 atom stereocenters. The Morgan fingerprint density at radius 2 is 0.909 bits per heavy atom. The molecule has 3 nitrogen and oxygen atoms in total. The first-order chi connectivity index (χ1) is 14.2. The van der Waals surface area contributed by atoms with Crippen LogP contribution in [0.25, 0.3) is 0 Å². The van der Waals surface area contributed by atoms with Gasteiger partial charge in [0.1, 0.15) is 0 Å². The van der Waals surface area contributed by atoms with Crippen LogP contribution in [-0.4, -0.2) is 16.4 Å². The topological polar surface area (TPSA) is 37.6 Å². The van der Waals surface area contributed by atoms with E-state index >= 15 is 0 Å². The van der Waals surface area contributed by atoms with Gasteiger partial charge in [-0.3, -0.25) is 9.98 Å². The van der Waals surface area contributed by atoms with Crippen LogP contribution in [0.1, 0.15) is 58.6 Å². The van der Waals surface area contributed by atoms with E-state index in [2.05, 4.69) is 65.8 Å². The second kappa shape index (κ2) is 12.6. The van der Waals surface area contributed by atoms with Crippen molar-refractivity contribution in [3.8, 4) is 0 Å². The van der Waals surface area contributed by atoms with Crippen molar-refractivity contribution in [1.82, 2.24) is 4.98 Å². The van der Waals surface area contributed by atoms with Crippen LogP contribution in [-0.2, 0) is 17.1 Å². The largest absolute Gasteiger partial charge is 2.00 e. The number of rotatable bonds is 4. The summed E-state index contributed by atoms with van der Waals surface area (Å²) in [5.41, 5.74) is 12.9. The van der Waals surface area contributed by atoms with Crippen molar-refractivity contribution < 1.29 is 17.1 Å². The number of aromatic nitrogens is 1. The van der Waals surface area contributed by atoms with Gasteiger partial charge in [0.15, 0.2) is 0 Å². The van der Waals surface area contributed by atoms with E-state index in [1.165, 1.54) is 33.4 Å². The van der Waals surface area contributed by atoms with Gasteiger partial charge < -0.3 is 14.9 Å². The maximum atomic E-state index is 4.91. The van der Waals surface area contributed by atoms with E-state index in [4.69, 9.17) is 15.0 Å². The molecule has 0 N–H and O–H groups in total. The molecule has 1 heterocycles. The fourth-order valence-corrected chi connectivity index (χ4v) is 3.99. The smallest absolute Gasteiger partial charge is 0.358 e. The molecule has 0 bridgehead atoms. The molecule has 3 aromatic rings. The minimum atomic E-state index is 0. The Balaban J connectivity index is 0.00000341. The van der Waals surface area contributed by atoms with Crippen molar-refractivity contribution in [3.05, 3.63) is 102 Å². The first kappa shape index (κ1) is 30.4. The van der Waals surface area contributed by atoms with Crippen LogP contribution < -0.4 is 0 Å². The average molecular weight is 483 g/mol. The van der Waals surface area contributed by atoms with Crippen LogP contribution >= 0.6 is 0 Å². The molecule has 0 fully saturated rings. The molecule has 0 saturated carbocycles. The van der Waals surface area contributed by atoms with Crippen molar-refractivity contribution in [3.63, 3.8) is 0 Å². The molecular formula is C29H37FeN3. The van der Waals surface area contributed by atoms with Crippen molar-refractivity contribution in [2.45, 2.75) is 55.4 Å². The van der Waals surface area contributed by atoms with Gasteiger partial charge in [-0.05, 0) is 89.8 Å². The van der Waals surface area contributed by atoms with Crippen molar-refractivity contribution in [1.29, 1.82) is 0 Å². The minimum Gasteiger partial charge on any atom is -0.358 e. The Hall–Kier alpha value is -2.55. The zero-order chi connectivity index (χ0) is 22.0. The Morgan fingerprint density at radius 1 is 0.606 bits per heavy atom. The number of hydrogen-bond donors (Lipinski definition) is 0. The predicted molar refractivity (Wildman–Crippen MR) is 142 cm³/mol. The normalized spacial score (nSPS) is 11.3. The van der Waals surface area contributed by atoms with E-state index in [9.17, 15) is 0 Å². The van der Waals surface area contributed by atoms with E-state index in [1.54, 1.807) is 0 Å². The van der Waals surface area contributed by atoms with Crippen molar-refractivity contribution in [2.75, 3.05) is 0 Å². The zero-order valence-electron chi connectivity index (χ0n) is 21.7. The summed E-state index contributed by atoms with van der Waals surface area (Å²) in [6.07, 6.45) is 0. The number of pyridine rings is 1. The summed E-state index contributed by atoms with van der Waals surface area (Å²) in [7, 11) is 0. The SMILES string of the molecule is CC(=Nc1c(C)cc(C)cc1C)c1cccc(C(C)=Nc2c(C)cc(C)cc2C)n1.[CH3-].[CH3-].[Fe+2]. The number of aryl methyl sites for hydroxylation is 6. The molecule has 0 aliphatic rings. The van der Waals surface area contributed by atoms with Crippen LogP contribution in [0.2, 0.25) is 0 Å². The maximum absolute atomic E-state index is 4.91. The van der Waals surface area contributed by atoms with Crippen LogP contribution in [0.4, 0.5) is 11.4 Å². The summed E-state index contributed by atoms with van der Waals surface area (Å²) < 4.78 is 0. The molecule has 0 saturated heterocycles. The molecule has 4 heteroatoms. The Morgan fingerprint density at radius 3 is 1.21 bits per heavy atom. The molecule has 33 heavy (non-hydrogen) atoms. The molecule has 0 aliphatic carbocycles. The first-order valence-corrected chi connectivity index (χ1v) is 10.4. The van der Waals surface area contributed by atoms with Gasteiger partial charge in [-0.25, -0.2) is 4.98 Å². The maximum Gasteiger partial charge on any atom is 2.00 e. The van der Waals surface area contributed by atoms with Crippen LogP contribution in [0.3, 0.4) is 0 Å². The third-order valence-electron chi connectivity index (χ3n) is 5.32. The Bertz CT molecular complexity index is 1040. The third kappa shape index (κ3) is 7.22. The predicted octanol–water partition coefficient (Wildman–Crippen LogP) is 8.11. The fraction of sp³-hybridized carbons (Fsp3) is 0.276. The quantitative estimate of drug-likeness (QED) is 0.210. The summed E-state index contributed by atoms with van der Waals surface area (Å²) in [6.45, 7) is 16.7. The molecule has 0 aliphatic heterocycles. The van der Waals surface area contributed by atoms with E-state index in [0.717, 1.165) is 34.2 Å². The van der Waals surface area contributed by atoms with Crippen LogP contribution in [0.15, 0.2) is 52.4 Å². The minimum absolute atomic E-state index is 0. The van der Waals surface area contributed by atoms with E-state index < -0.39 is 0 Å².